The summed E-state index contributed by atoms with van der Waals surface area (Å²) in [7, 11) is 1.38. The maximum atomic E-state index is 14.1. The van der Waals surface area contributed by atoms with Crippen molar-refractivity contribution in [2.24, 2.45) is 0 Å². The van der Waals surface area contributed by atoms with E-state index in [1.54, 1.807) is 6.07 Å². The van der Waals surface area contributed by atoms with Gasteiger partial charge in [-0.15, -0.1) is 0 Å². The molecule has 0 heterocycles. The zero-order valence-electron chi connectivity index (χ0n) is 10.5. The minimum Gasteiger partial charge on any atom is -0.494 e. The van der Waals surface area contributed by atoms with E-state index >= 15 is 0 Å². The van der Waals surface area contributed by atoms with Gasteiger partial charge in [0.1, 0.15) is 6.10 Å². The highest BCUT2D eigenvalue weighted by molar-refractivity contribution is 5.33. The normalized spacial score (nSPS) is 20.4. The van der Waals surface area contributed by atoms with E-state index in [-0.39, 0.29) is 11.3 Å². The fourth-order valence-corrected chi connectivity index (χ4v) is 2.62. The Kier molecular flexibility index (Phi) is 3.88. The predicted octanol–water partition coefficient (Wildman–Crippen LogP) is 2.56. The van der Waals surface area contributed by atoms with Crippen LogP contribution in [-0.4, -0.2) is 22.9 Å². The van der Waals surface area contributed by atoms with Crippen molar-refractivity contribution in [3.8, 4) is 5.75 Å². The van der Waals surface area contributed by atoms with E-state index in [2.05, 4.69) is 0 Å². The van der Waals surface area contributed by atoms with E-state index in [0.717, 1.165) is 19.3 Å². The van der Waals surface area contributed by atoms with E-state index < -0.39 is 17.5 Å². The van der Waals surface area contributed by atoms with E-state index in [9.17, 15) is 14.6 Å². The number of benzene rings is 1. The summed E-state index contributed by atoms with van der Waals surface area (Å²) in [5.74, 6) is -0.502. The molecular formula is C14H19FO3. The number of aliphatic hydroxyl groups is 2. The van der Waals surface area contributed by atoms with E-state index in [4.69, 9.17) is 4.74 Å². The molecule has 0 radical (unpaired) electrons. The number of ether oxygens (including phenoxy) is 1. The molecule has 1 saturated carbocycles. The van der Waals surface area contributed by atoms with E-state index in [1.165, 1.54) is 19.2 Å². The summed E-state index contributed by atoms with van der Waals surface area (Å²) in [4.78, 5) is 0. The van der Waals surface area contributed by atoms with Crippen LogP contribution in [0.25, 0.3) is 0 Å². The second-order valence-electron chi connectivity index (χ2n) is 4.93. The predicted molar refractivity (Wildman–Crippen MR) is 65.9 cm³/mol. The molecule has 0 amide bonds. The Morgan fingerprint density at radius 1 is 1.28 bits per heavy atom. The third-order valence-corrected chi connectivity index (χ3v) is 3.74. The quantitative estimate of drug-likeness (QED) is 0.871. The van der Waals surface area contributed by atoms with Crippen LogP contribution in [0.3, 0.4) is 0 Å². The average Bonchev–Trinajstić information content (AvgIpc) is 2.39. The molecule has 2 N–H and O–H groups in total. The Bertz CT molecular complexity index is 414. The molecule has 3 nitrogen and oxygen atoms in total. The number of aliphatic hydroxyl groups excluding tert-OH is 1. The molecule has 0 aromatic heterocycles. The lowest BCUT2D eigenvalue weighted by Gasteiger charge is -2.36. The van der Waals surface area contributed by atoms with Crippen molar-refractivity contribution in [1.29, 1.82) is 0 Å². The first-order chi connectivity index (χ1) is 8.58. The second-order valence-corrected chi connectivity index (χ2v) is 4.93. The molecule has 1 aromatic carbocycles. The summed E-state index contributed by atoms with van der Waals surface area (Å²) in [6.07, 6.45) is 2.58. The number of halogens is 1. The standard InChI is InChI=1S/C14H19FO3/c1-18-11-7-5-6-10(12(11)15)13(16)14(17)8-3-2-4-9-14/h5-7,13,16-17H,2-4,8-9H2,1H3. The van der Waals surface area contributed by atoms with Crippen LogP contribution < -0.4 is 4.74 Å². The van der Waals surface area contributed by atoms with Gasteiger partial charge in [-0.25, -0.2) is 4.39 Å². The smallest absolute Gasteiger partial charge is 0.170 e. The molecule has 0 saturated heterocycles. The highest BCUT2D eigenvalue weighted by atomic mass is 19.1. The lowest BCUT2D eigenvalue weighted by atomic mass is 9.78. The number of hydrogen-bond acceptors (Lipinski definition) is 3. The minimum atomic E-state index is -1.22. The molecule has 0 aliphatic heterocycles. The lowest BCUT2D eigenvalue weighted by molar-refractivity contribution is -0.100. The third kappa shape index (κ3) is 2.35. The monoisotopic (exact) mass is 254 g/mol. The summed E-state index contributed by atoms with van der Waals surface area (Å²) in [6, 6.07) is 4.61. The zero-order chi connectivity index (χ0) is 13.2. The summed E-state index contributed by atoms with van der Waals surface area (Å²) in [6.45, 7) is 0. The molecule has 4 heteroatoms. The molecule has 1 aliphatic carbocycles. The van der Waals surface area contributed by atoms with Crippen molar-refractivity contribution in [1.82, 2.24) is 0 Å². The number of methoxy groups -OCH3 is 1. The van der Waals surface area contributed by atoms with Gasteiger partial charge in [0.2, 0.25) is 0 Å². The highest BCUT2D eigenvalue weighted by Crippen LogP contribution is 2.40. The van der Waals surface area contributed by atoms with Gasteiger partial charge < -0.3 is 14.9 Å². The maximum Gasteiger partial charge on any atom is 0.170 e. The van der Waals surface area contributed by atoms with E-state index in [0.29, 0.717) is 12.8 Å². The Morgan fingerprint density at radius 2 is 1.94 bits per heavy atom. The molecule has 2 rings (SSSR count). The van der Waals surface area contributed by atoms with E-state index in [1.807, 2.05) is 0 Å². The van der Waals surface area contributed by atoms with Crippen LogP contribution in [0.5, 0.6) is 5.75 Å². The highest BCUT2D eigenvalue weighted by Gasteiger charge is 2.39. The van der Waals surface area contributed by atoms with Gasteiger partial charge in [-0.3, -0.25) is 0 Å². The Labute approximate surface area is 106 Å². The molecule has 1 aliphatic rings. The maximum absolute atomic E-state index is 14.1. The van der Waals surface area contributed by atoms with Crippen molar-refractivity contribution in [2.45, 2.75) is 43.8 Å². The van der Waals surface area contributed by atoms with Crippen molar-refractivity contribution in [3.63, 3.8) is 0 Å². The fraction of sp³-hybridized carbons (Fsp3) is 0.571. The largest absolute Gasteiger partial charge is 0.494 e. The van der Waals surface area contributed by atoms with Crippen molar-refractivity contribution in [3.05, 3.63) is 29.6 Å². The second kappa shape index (κ2) is 5.24. The van der Waals surface area contributed by atoms with Gasteiger partial charge in [-0.2, -0.15) is 0 Å². The summed E-state index contributed by atoms with van der Waals surface area (Å²) in [5.41, 5.74) is -1.11. The molecule has 18 heavy (non-hydrogen) atoms. The van der Waals surface area contributed by atoms with Gasteiger partial charge >= 0.3 is 0 Å². The molecule has 0 bridgehead atoms. The van der Waals surface area contributed by atoms with Crippen LogP contribution in [-0.2, 0) is 0 Å². The summed E-state index contributed by atoms with van der Waals surface area (Å²) < 4.78 is 18.9. The number of hydrogen-bond donors (Lipinski definition) is 2. The Hall–Kier alpha value is -1.13. The minimum absolute atomic E-state index is 0.0889. The molecule has 1 aromatic rings. The SMILES string of the molecule is COc1cccc(C(O)C2(O)CCCCC2)c1F. The Morgan fingerprint density at radius 3 is 2.56 bits per heavy atom. The van der Waals surface area contributed by atoms with Gasteiger partial charge in [0, 0.05) is 5.56 Å². The van der Waals surface area contributed by atoms with Gasteiger partial charge in [0.25, 0.3) is 0 Å². The van der Waals surface area contributed by atoms with Gasteiger partial charge in [0.05, 0.1) is 12.7 Å². The first-order valence-electron chi connectivity index (χ1n) is 6.31. The van der Waals surface area contributed by atoms with Crippen LogP contribution >= 0.6 is 0 Å². The van der Waals surface area contributed by atoms with Crippen molar-refractivity contribution < 1.29 is 19.3 Å². The lowest BCUT2D eigenvalue weighted by Crippen LogP contribution is -2.38. The van der Waals surface area contributed by atoms with Crippen molar-refractivity contribution >= 4 is 0 Å². The molecule has 1 fully saturated rings. The molecule has 1 unspecified atom stereocenters. The topological polar surface area (TPSA) is 49.7 Å². The Balaban J connectivity index is 2.30. The molecule has 1 atom stereocenters. The molecular weight excluding hydrogens is 235 g/mol. The third-order valence-electron chi connectivity index (χ3n) is 3.74. The van der Waals surface area contributed by atoms with Crippen LogP contribution in [0.2, 0.25) is 0 Å². The van der Waals surface area contributed by atoms with Crippen LogP contribution in [0.4, 0.5) is 4.39 Å². The number of rotatable bonds is 3. The van der Waals surface area contributed by atoms with Crippen LogP contribution in [0.15, 0.2) is 18.2 Å². The van der Waals surface area contributed by atoms with Gasteiger partial charge in [-0.05, 0) is 18.9 Å². The molecule has 100 valence electrons. The summed E-state index contributed by atoms with van der Waals surface area (Å²) in [5, 5.41) is 20.7. The molecule has 0 spiro atoms. The van der Waals surface area contributed by atoms with Gasteiger partial charge in [0.15, 0.2) is 11.6 Å². The van der Waals surface area contributed by atoms with Gasteiger partial charge in [-0.1, -0.05) is 31.4 Å². The fourth-order valence-electron chi connectivity index (χ4n) is 2.62. The van der Waals surface area contributed by atoms with Crippen LogP contribution in [0, 0.1) is 5.82 Å². The average molecular weight is 254 g/mol. The van der Waals surface area contributed by atoms with Crippen LogP contribution in [0.1, 0.15) is 43.8 Å². The van der Waals surface area contributed by atoms with Crippen molar-refractivity contribution in [2.75, 3.05) is 7.11 Å². The first kappa shape index (κ1) is 13.3. The zero-order valence-corrected chi connectivity index (χ0v) is 10.5. The first-order valence-corrected chi connectivity index (χ1v) is 6.31. The summed E-state index contributed by atoms with van der Waals surface area (Å²) >= 11 is 0.